The van der Waals surface area contributed by atoms with Crippen molar-refractivity contribution in [2.75, 3.05) is 5.32 Å². The molecule has 6 heteroatoms. The number of anilines is 1. The van der Waals surface area contributed by atoms with Crippen LogP contribution in [0.5, 0.6) is 0 Å². The molecule has 0 fully saturated rings. The maximum absolute atomic E-state index is 13.1. The SMILES string of the molecule is Cc1ccc(NC(=O)c2ccc3ncc4c(=O)n(-c5ccc(C)c(C)c5)[nH]c4c3c2)cc1. The van der Waals surface area contributed by atoms with Gasteiger partial charge in [-0.25, -0.2) is 4.68 Å². The summed E-state index contributed by atoms with van der Waals surface area (Å²) in [5.41, 5.74) is 6.56. The predicted octanol–water partition coefficient (Wildman–Crippen LogP) is 5.04. The monoisotopic (exact) mass is 422 g/mol. The first-order valence-electron chi connectivity index (χ1n) is 10.4. The van der Waals surface area contributed by atoms with Crippen LogP contribution in [0.2, 0.25) is 0 Å². The third-order valence-electron chi connectivity index (χ3n) is 5.85. The van der Waals surface area contributed by atoms with Gasteiger partial charge in [0, 0.05) is 22.8 Å². The normalized spacial score (nSPS) is 11.2. The minimum Gasteiger partial charge on any atom is -0.322 e. The van der Waals surface area contributed by atoms with Crippen LogP contribution in [0.1, 0.15) is 27.0 Å². The molecular formula is C26H22N4O2. The van der Waals surface area contributed by atoms with Crippen LogP contribution in [-0.4, -0.2) is 20.7 Å². The van der Waals surface area contributed by atoms with Crippen LogP contribution in [0, 0.1) is 20.8 Å². The van der Waals surface area contributed by atoms with E-state index in [1.54, 1.807) is 24.4 Å². The third kappa shape index (κ3) is 3.36. The predicted molar refractivity (Wildman–Crippen MR) is 128 cm³/mol. The minimum absolute atomic E-state index is 0.174. The average Bonchev–Trinajstić information content (AvgIpc) is 3.14. The Morgan fingerprint density at radius 3 is 2.44 bits per heavy atom. The number of carbonyl (C=O) groups is 1. The van der Waals surface area contributed by atoms with Crippen molar-refractivity contribution in [3.63, 3.8) is 0 Å². The lowest BCUT2D eigenvalue weighted by atomic mass is 10.1. The molecule has 6 nitrogen and oxygen atoms in total. The number of hydrogen-bond donors (Lipinski definition) is 2. The van der Waals surface area contributed by atoms with Crippen molar-refractivity contribution in [3.8, 4) is 5.69 Å². The van der Waals surface area contributed by atoms with Gasteiger partial charge in [0.1, 0.15) is 0 Å². The molecule has 0 atom stereocenters. The number of amides is 1. The van der Waals surface area contributed by atoms with Crippen LogP contribution in [0.15, 0.2) is 71.7 Å². The van der Waals surface area contributed by atoms with Gasteiger partial charge in [-0.2, -0.15) is 0 Å². The number of nitrogens with zero attached hydrogens (tertiary/aromatic N) is 2. The number of carbonyl (C=O) groups excluding carboxylic acids is 1. The highest BCUT2D eigenvalue weighted by Crippen LogP contribution is 2.23. The number of pyridine rings is 1. The second-order valence-electron chi connectivity index (χ2n) is 8.12. The van der Waals surface area contributed by atoms with Gasteiger partial charge in [-0.3, -0.25) is 19.7 Å². The van der Waals surface area contributed by atoms with Gasteiger partial charge < -0.3 is 5.32 Å². The van der Waals surface area contributed by atoms with Gasteiger partial charge in [-0.15, -0.1) is 0 Å². The Morgan fingerprint density at radius 1 is 0.906 bits per heavy atom. The fourth-order valence-corrected chi connectivity index (χ4v) is 3.79. The fourth-order valence-electron chi connectivity index (χ4n) is 3.79. The van der Waals surface area contributed by atoms with E-state index in [0.29, 0.717) is 22.0 Å². The molecule has 5 rings (SSSR count). The Balaban J connectivity index is 1.60. The molecule has 158 valence electrons. The molecule has 0 aliphatic carbocycles. The van der Waals surface area contributed by atoms with Crippen LogP contribution in [-0.2, 0) is 0 Å². The van der Waals surface area contributed by atoms with Crippen molar-refractivity contribution >= 4 is 33.4 Å². The Bertz CT molecular complexity index is 1560. The number of aryl methyl sites for hydroxylation is 3. The molecular weight excluding hydrogens is 400 g/mol. The lowest BCUT2D eigenvalue weighted by molar-refractivity contribution is 0.102. The Labute approximate surface area is 184 Å². The van der Waals surface area contributed by atoms with Gasteiger partial charge in [0.15, 0.2) is 0 Å². The number of benzene rings is 3. The van der Waals surface area contributed by atoms with Crippen LogP contribution in [0.25, 0.3) is 27.5 Å². The largest absolute Gasteiger partial charge is 0.322 e. The first-order chi connectivity index (χ1) is 15.4. The summed E-state index contributed by atoms with van der Waals surface area (Å²) >= 11 is 0. The summed E-state index contributed by atoms with van der Waals surface area (Å²) in [5, 5.41) is 7.34. The lowest BCUT2D eigenvalue weighted by Crippen LogP contribution is -2.14. The molecule has 3 aromatic carbocycles. The van der Waals surface area contributed by atoms with Crippen molar-refractivity contribution < 1.29 is 4.79 Å². The molecule has 32 heavy (non-hydrogen) atoms. The number of aromatic amines is 1. The zero-order chi connectivity index (χ0) is 22.4. The highest BCUT2D eigenvalue weighted by atomic mass is 16.1. The number of hydrogen-bond acceptors (Lipinski definition) is 3. The van der Waals surface area contributed by atoms with E-state index in [2.05, 4.69) is 15.4 Å². The van der Waals surface area contributed by atoms with E-state index in [9.17, 15) is 9.59 Å². The van der Waals surface area contributed by atoms with E-state index in [0.717, 1.165) is 33.5 Å². The van der Waals surface area contributed by atoms with Crippen LogP contribution >= 0.6 is 0 Å². The number of rotatable bonds is 3. The minimum atomic E-state index is -0.219. The quantitative estimate of drug-likeness (QED) is 0.427. The summed E-state index contributed by atoms with van der Waals surface area (Å²) in [4.78, 5) is 30.3. The molecule has 0 saturated carbocycles. The van der Waals surface area contributed by atoms with E-state index in [1.807, 2.05) is 63.2 Å². The van der Waals surface area contributed by atoms with E-state index >= 15 is 0 Å². The molecule has 0 aliphatic heterocycles. The molecule has 2 aromatic heterocycles. The van der Waals surface area contributed by atoms with Crippen LogP contribution in [0.3, 0.4) is 0 Å². The van der Waals surface area contributed by atoms with E-state index in [-0.39, 0.29) is 11.5 Å². The van der Waals surface area contributed by atoms with Gasteiger partial charge in [0.25, 0.3) is 11.5 Å². The van der Waals surface area contributed by atoms with E-state index < -0.39 is 0 Å². The molecule has 0 saturated heterocycles. The summed E-state index contributed by atoms with van der Waals surface area (Å²) in [7, 11) is 0. The summed E-state index contributed by atoms with van der Waals surface area (Å²) in [5.74, 6) is -0.219. The van der Waals surface area contributed by atoms with E-state index in [4.69, 9.17) is 0 Å². The van der Waals surface area contributed by atoms with Crippen LogP contribution in [0.4, 0.5) is 5.69 Å². The van der Waals surface area contributed by atoms with Crippen molar-refractivity contribution in [1.82, 2.24) is 14.8 Å². The average molecular weight is 422 g/mol. The molecule has 0 aliphatic rings. The molecule has 0 spiro atoms. The zero-order valence-corrected chi connectivity index (χ0v) is 18.1. The van der Waals surface area contributed by atoms with Gasteiger partial charge in [0.2, 0.25) is 0 Å². The lowest BCUT2D eigenvalue weighted by Gasteiger charge is -2.07. The topological polar surface area (TPSA) is 79.8 Å². The zero-order valence-electron chi connectivity index (χ0n) is 18.1. The second-order valence-corrected chi connectivity index (χ2v) is 8.12. The number of H-pyrrole nitrogens is 1. The van der Waals surface area contributed by atoms with Crippen molar-refractivity contribution in [2.45, 2.75) is 20.8 Å². The van der Waals surface area contributed by atoms with Crippen molar-refractivity contribution in [2.24, 2.45) is 0 Å². The first kappa shape index (κ1) is 19.8. The van der Waals surface area contributed by atoms with Gasteiger partial charge in [-0.1, -0.05) is 23.8 Å². The fraction of sp³-hybridized carbons (Fsp3) is 0.115. The summed E-state index contributed by atoms with van der Waals surface area (Å²) < 4.78 is 1.53. The molecule has 1 amide bonds. The van der Waals surface area contributed by atoms with Gasteiger partial charge in [0.05, 0.1) is 22.1 Å². The molecule has 5 aromatic rings. The number of nitrogens with one attached hydrogen (secondary N) is 2. The molecule has 0 bridgehead atoms. The molecule has 0 unspecified atom stereocenters. The number of aromatic nitrogens is 3. The first-order valence-corrected chi connectivity index (χ1v) is 10.4. The maximum atomic E-state index is 13.1. The molecule has 2 heterocycles. The summed E-state index contributed by atoms with van der Waals surface area (Å²) in [6.45, 7) is 6.05. The Morgan fingerprint density at radius 2 is 1.69 bits per heavy atom. The molecule has 2 N–H and O–H groups in total. The van der Waals surface area contributed by atoms with Crippen LogP contribution < -0.4 is 10.9 Å². The molecule has 0 radical (unpaired) electrons. The van der Waals surface area contributed by atoms with Gasteiger partial charge in [-0.05, 0) is 74.4 Å². The standard InChI is InChI=1S/C26H22N4O2/c1-15-4-8-19(9-5-15)28-25(31)18-7-11-23-21(13-18)24-22(14-27-23)26(32)30(29-24)20-10-6-16(2)17(3)12-20/h4-14,29H,1-3H3,(H,28,31). The maximum Gasteiger partial charge on any atom is 0.280 e. The van der Waals surface area contributed by atoms with Crippen molar-refractivity contribution in [1.29, 1.82) is 0 Å². The highest BCUT2D eigenvalue weighted by molar-refractivity contribution is 6.10. The summed E-state index contributed by atoms with van der Waals surface area (Å²) in [6, 6.07) is 18.8. The van der Waals surface area contributed by atoms with Crippen molar-refractivity contribution in [3.05, 3.63) is 99.5 Å². The van der Waals surface area contributed by atoms with Gasteiger partial charge >= 0.3 is 0 Å². The Hall–Kier alpha value is -4.19. The third-order valence-corrected chi connectivity index (χ3v) is 5.85. The smallest absolute Gasteiger partial charge is 0.280 e. The van der Waals surface area contributed by atoms with E-state index in [1.165, 1.54) is 4.68 Å². The number of fused-ring (bicyclic) bond motifs is 3. The summed E-state index contributed by atoms with van der Waals surface area (Å²) in [6.07, 6.45) is 1.58. The second kappa shape index (κ2) is 7.50. The highest BCUT2D eigenvalue weighted by Gasteiger charge is 2.15. The Kier molecular flexibility index (Phi) is 4.63.